The molecule has 27 heavy (non-hydrogen) atoms. The summed E-state index contributed by atoms with van der Waals surface area (Å²) in [4.78, 5) is 11.8. The Kier molecular flexibility index (Phi) is 6.59. The van der Waals surface area contributed by atoms with Crippen LogP contribution in [0.4, 0.5) is 0 Å². The van der Waals surface area contributed by atoms with Crippen molar-refractivity contribution in [2.45, 2.75) is 71.5 Å². The van der Waals surface area contributed by atoms with Crippen LogP contribution in [0.5, 0.6) is 5.75 Å². The smallest absolute Gasteiger partial charge is 0.221 e. The number of methoxy groups -OCH3 is 1. The largest absolute Gasteiger partial charge is 0.497 e. The molecule has 0 saturated heterocycles. The second-order valence-electron chi connectivity index (χ2n) is 8.38. The van der Waals surface area contributed by atoms with Gasteiger partial charge in [0.05, 0.1) is 12.8 Å². The van der Waals surface area contributed by atoms with Crippen molar-refractivity contribution in [3.8, 4) is 17.2 Å². The van der Waals surface area contributed by atoms with Crippen molar-refractivity contribution in [2.24, 2.45) is 0 Å². The fourth-order valence-corrected chi connectivity index (χ4v) is 9.79. The Bertz CT molecular complexity index is 788. The van der Waals surface area contributed by atoms with Crippen LogP contribution in [-0.2, 0) is 11.2 Å². The number of nitrogens with one attached hydrogen (secondary N) is 1. The Morgan fingerprint density at radius 1 is 1.11 bits per heavy atom. The van der Waals surface area contributed by atoms with Gasteiger partial charge in [0.1, 0.15) is 13.8 Å². The number of amides is 1. The third-order valence-corrected chi connectivity index (χ3v) is 12.1. The van der Waals surface area contributed by atoms with E-state index in [0.29, 0.717) is 16.6 Å². The van der Waals surface area contributed by atoms with Gasteiger partial charge in [0, 0.05) is 24.5 Å². The molecule has 1 aliphatic rings. The fraction of sp³-hybridized carbons (Fsp3) is 0.522. The molecule has 146 valence electrons. The summed E-state index contributed by atoms with van der Waals surface area (Å²) in [5, 5.41) is 3.02. The Labute approximate surface area is 165 Å². The van der Waals surface area contributed by atoms with E-state index in [0.717, 1.165) is 29.0 Å². The van der Waals surface area contributed by atoms with Crippen molar-refractivity contribution < 1.29 is 9.53 Å². The van der Waals surface area contributed by atoms with Crippen molar-refractivity contribution >= 4 is 19.7 Å². The molecule has 3 nitrogen and oxygen atoms in total. The summed E-state index contributed by atoms with van der Waals surface area (Å²) in [7, 11) is -0.159. The van der Waals surface area contributed by atoms with E-state index < -0.39 is 8.07 Å². The molecule has 0 aliphatic heterocycles. The summed E-state index contributed by atoms with van der Waals surface area (Å²) in [5.41, 5.74) is 9.62. The molecule has 1 aliphatic carbocycles. The lowest BCUT2D eigenvalue weighted by molar-refractivity contribution is -0.117. The minimum Gasteiger partial charge on any atom is -0.497 e. The van der Waals surface area contributed by atoms with Gasteiger partial charge >= 0.3 is 0 Å². The molecule has 0 fully saturated rings. The van der Waals surface area contributed by atoms with E-state index in [1.54, 1.807) is 14.0 Å². The summed E-state index contributed by atoms with van der Waals surface area (Å²) >= 11 is 0. The van der Waals surface area contributed by atoms with Gasteiger partial charge in [0.25, 0.3) is 0 Å². The van der Waals surface area contributed by atoms with E-state index in [9.17, 15) is 4.79 Å². The topological polar surface area (TPSA) is 38.3 Å². The number of hydrogen-bond acceptors (Lipinski definition) is 2. The van der Waals surface area contributed by atoms with Crippen LogP contribution in [-0.4, -0.2) is 21.1 Å². The van der Waals surface area contributed by atoms with E-state index in [2.05, 4.69) is 64.4 Å². The highest BCUT2D eigenvalue weighted by Crippen LogP contribution is 2.41. The Morgan fingerprint density at radius 3 is 2.19 bits per heavy atom. The van der Waals surface area contributed by atoms with E-state index >= 15 is 0 Å². The highest BCUT2D eigenvalue weighted by molar-refractivity contribution is 6.90. The van der Waals surface area contributed by atoms with Crippen LogP contribution in [0.1, 0.15) is 59.6 Å². The van der Waals surface area contributed by atoms with E-state index in [-0.39, 0.29) is 5.91 Å². The van der Waals surface area contributed by atoms with Gasteiger partial charge < -0.3 is 10.1 Å². The third kappa shape index (κ3) is 4.14. The molecular weight excluding hydrogens is 350 g/mol. The number of benzene rings is 1. The molecule has 0 radical (unpaired) electrons. The minimum atomic E-state index is -1.82. The van der Waals surface area contributed by atoms with Crippen LogP contribution in [0, 0.1) is 11.5 Å². The summed E-state index contributed by atoms with van der Waals surface area (Å²) in [6, 6.07) is 6.03. The van der Waals surface area contributed by atoms with Crippen molar-refractivity contribution in [1.82, 2.24) is 5.32 Å². The van der Waals surface area contributed by atoms with Gasteiger partial charge in [-0.1, -0.05) is 53.5 Å². The first-order valence-corrected chi connectivity index (χ1v) is 12.1. The Balaban J connectivity index is 2.58. The van der Waals surface area contributed by atoms with Crippen LogP contribution in [0.25, 0.3) is 5.70 Å². The Morgan fingerprint density at radius 2 is 1.70 bits per heavy atom. The minimum absolute atomic E-state index is 0.0694. The van der Waals surface area contributed by atoms with Crippen LogP contribution in [0.3, 0.4) is 0 Å². The number of hydrogen-bond donors (Lipinski definition) is 1. The van der Waals surface area contributed by atoms with Gasteiger partial charge in [0.15, 0.2) is 0 Å². The van der Waals surface area contributed by atoms with Gasteiger partial charge in [-0.25, -0.2) is 0 Å². The van der Waals surface area contributed by atoms with Gasteiger partial charge in [-0.2, -0.15) is 0 Å². The maximum Gasteiger partial charge on any atom is 0.221 e. The van der Waals surface area contributed by atoms with Gasteiger partial charge in [0.2, 0.25) is 5.91 Å². The lowest BCUT2D eigenvalue weighted by Crippen LogP contribution is -2.43. The monoisotopic (exact) mass is 383 g/mol. The maximum absolute atomic E-state index is 11.8. The standard InChI is InChI=1S/C23H33NO2Si/c1-15(2)27(16(3)4,17(5)6)12-11-20-13-19-9-10-21(26-8)14-22(19)23(20)24-18(7)25/h9-10,14-17H,13H2,1-8H3,(H,24,25). The molecule has 0 heterocycles. The molecule has 0 atom stereocenters. The summed E-state index contributed by atoms with van der Waals surface area (Å²) in [6.45, 7) is 15.5. The van der Waals surface area contributed by atoms with E-state index in [1.165, 1.54) is 5.56 Å². The number of allylic oxidation sites excluding steroid dienone is 1. The zero-order valence-electron chi connectivity index (χ0n) is 18.0. The molecule has 1 amide bonds. The summed E-state index contributed by atoms with van der Waals surface area (Å²) in [5.74, 6) is 4.27. The Hall–Kier alpha value is -1.99. The van der Waals surface area contributed by atoms with Crippen molar-refractivity contribution in [3.63, 3.8) is 0 Å². The van der Waals surface area contributed by atoms with Gasteiger partial charge in [-0.15, -0.1) is 5.54 Å². The predicted molar refractivity (Wildman–Crippen MR) is 116 cm³/mol. The van der Waals surface area contributed by atoms with Crippen LogP contribution >= 0.6 is 0 Å². The van der Waals surface area contributed by atoms with Crippen LogP contribution < -0.4 is 10.1 Å². The highest BCUT2D eigenvalue weighted by Gasteiger charge is 2.41. The second-order valence-corrected chi connectivity index (χ2v) is 14.0. The SMILES string of the molecule is COc1ccc2c(c1)C(NC(C)=O)=C(C#C[Si](C(C)C)(C(C)C)C(C)C)C2. The maximum atomic E-state index is 11.8. The average molecular weight is 384 g/mol. The number of carbonyl (C=O) groups excluding carboxylic acids is 1. The fourth-order valence-electron chi connectivity index (χ4n) is 4.55. The zero-order chi connectivity index (χ0) is 20.4. The predicted octanol–water partition coefficient (Wildman–Crippen LogP) is 5.32. The lowest BCUT2D eigenvalue weighted by atomic mass is 10.1. The molecule has 0 aromatic heterocycles. The molecule has 0 saturated carbocycles. The first-order valence-electron chi connectivity index (χ1n) is 9.84. The first-order chi connectivity index (χ1) is 12.6. The molecule has 1 aromatic rings. The van der Waals surface area contributed by atoms with E-state index in [1.807, 2.05) is 12.1 Å². The molecular formula is C23H33NO2Si. The number of rotatable bonds is 5. The lowest BCUT2D eigenvalue weighted by Gasteiger charge is -2.38. The molecule has 0 bridgehead atoms. The van der Waals surface area contributed by atoms with Crippen LogP contribution in [0.15, 0.2) is 23.8 Å². The normalized spacial score (nSPS) is 13.7. The molecule has 1 N–H and O–H groups in total. The van der Waals surface area contributed by atoms with Gasteiger partial charge in [-0.3, -0.25) is 4.79 Å². The molecule has 0 unspecified atom stereocenters. The molecule has 0 spiro atoms. The number of fused-ring (bicyclic) bond motifs is 1. The second kappa shape index (κ2) is 8.35. The van der Waals surface area contributed by atoms with Gasteiger partial charge in [-0.05, 0) is 34.3 Å². The summed E-state index contributed by atoms with van der Waals surface area (Å²) in [6.07, 6.45) is 0.765. The first kappa shape index (κ1) is 21.3. The van der Waals surface area contributed by atoms with E-state index in [4.69, 9.17) is 4.74 Å². The van der Waals surface area contributed by atoms with Crippen molar-refractivity contribution in [2.75, 3.05) is 7.11 Å². The molecule has 2 rings (SSSR count). The molecule has 4 heteroatoms. The van der Waals surface area contributed by atoms with Crippen molar-refractivity contribution in [3.05, 3.63) is 34.9 Å². The summed E-state index contributed by atoms with van der Waals surface area (Å²) < 4.78 is 5.37. The number of carbonyl (C=O) groups is 1. The molecule has 1 aromatic carbocycles. The van der Waals surface area contributed by atoms with Crippen LogP contribution in [0.2, 0.25) is 16.6 Å². The quantitative estimate of drug-likeness (QED) is 0.552. The zero-order valence-corrected chi connectivity index (χ0v) is 19.0. The number of ether oxygens (including phenoxy) is 1. The highest BCUT2D eigenvalue weighted by atomic mass is 28.3. The third-order valence-electron chi connectivity index (χ3n) is 5.85. The van der Waals surface area contributed by atoms with Crippen molar-refractivity contribution in [1.29, 1.82) is 0 Å². The average Bonchev–Trinajstić information content (AvgIpc) is 2.90.